The molecule has 1 amide bonds. The number of non-ortho nitro benzene ring substituents is 1. The summed E-state index contributed by atoms with van der Waals surface area (Å²) < 4.78 is 11.2. The van der Waals surface area contributed by atoms with E-state index in [0.29, 0.717) is 11.4 Å². The van der Waals surface area contributed by atoms with Crippen molar-refractivity contribution in [2.24, 2.45) is 5.92 Å². The number of fused-ring (bicyclic) bond motifs is 1. The lowest BCUT2D eigenvalue weighted by atomic mass is 10.1. The van der Waals surface area contributed by atoms with Crippen LogP contribution in [-0.2, 0) is 14.3 Å². The molecule has 0 bridgehead atoms. The number of anilines is 1. The summed E-state index contributed by atoms with van der Waals surface area (Å²) in [6, 6.07) is 25.9. The molecule has 9 nitrogen and oxygen atoms in total. The molecule has 0 aromatic heterocycles. The fraction of sp³-hybridized carbons (Fsp3) is 0.138. The largest absolute Gasteiger partial charge is 0.457 e. The van der Waals surface area contributed by atoms with Crippen LogP contribution in [0, 0.1) is 16.0 Å². The molecule has 0 N–H and O–H groups in total. The molecule has 0 aliphatic carbocycles. The fourth-order valence-corrected chi connectivity index (χ4v) is 4.35. The highest BCUT2D eigenvalue weighted by Crippen LogP contribution is 2.32. The second kappa shape index (κ2) is 10.5. The minimum atomic E-state index is -0.730. The van der Waals surface area contributed by atoms with Gasteiger partial charge in [0.05, 0.1) is 10.8 Å². The third kappa shape index (κ3) is 5.22. The molecule has 1 aliphatic rings. The van der Waals surface area contributed by atoms with Gasteiger partial charge in [-0.2, -0.15) is 0 Å². The van der Waals surface area contributed by atoms with Crippen molar-refractivity contribution in [3.63, 3.8) is 0 Å². The van der Waals surface area contributed by atoms with Gasteiger partial charge in [0.1, 0.15) is 11.5 Å². The first-order valence-corrected chi connectivity index (χ1v) is 11.9. The SMILES string of the molecule is O=C(COC(=O)[C@@H]1CC(=O)N(c2ccc(Oc3cccc4ccccc34)cc2)C1)c1cccc([N+](=O)[O-])c1. The Kier molecular flexibility index (Phi) is 6.82. The van der Waals surface area contributed by atoms with Crippen LogP contribution in [0.5, 0.6) is 11.5 Å². The molecule has 0 saturated carbocycles. The Labute approximate surface area is 217 Å². The van der Waals surface area contributed by atoms with Crippen molar-refractivity contribution in [3.05, 3.63) is 107 Å². The number of benzene rings is 4. The number of esters is 1. The van der Waals surface area contributed by atoms with Crippen LogP contribution in [0.1, 0.15) is 16.8 Å². The van der Waals surface area contributed by atoms with Crippen molar-refractivity contribution in [1.29, 1.82) is 0 Å². The molecule has 4 aromatic carbocycles. The fourth-order valence-electron chi connectivity index (χ4n) is 4.35. The minimum Gasteiger partial charge on any atom is -0.457 e. The third-order valence-corrected chi connectivity index (χ3v) is 6.31. The maximum absolute atomic E-state index is 12.6. The van der Waals surface area contributed by atoms with Gasteiger partial charge in [0.25, 0.3) is 5.69 Å². The number of hydrogen-bond acceptors (Lipinski definition) is 7. The predicted octanol–water partition coefficient (Wildman–Crippen LogP) is 5.32. The van der Waals surface area contributed by atoms with E-state index < -0.39 is 29.2 Å². The summed E-state index contributed by atoms with van der Waals surface area (Å²) in [6.07, 6.45) is -0.0436. The lowest BCUT2D eigenvalue weighted by Gasteiger charge is -2.17. The summed E-state index contributed by atoms with van der Waals surface area (Å²) in [5.74, 6) is -0.879. The average Bonchev–Trinajstić information content (AvgIpc) is 3.33. The van der Waals surface area contributed by atoms with Crippen LogP contribution in [0.25, 0.3) is 10.8 Å². The number of nitro groups is 1. The van der Waals surface area contributed by atoms with Crippen LogP contribution >= 0.6 is 0 Å². The molecule has 5 rings (SSSR count). The van der Waals surface area contributed by atoms with E-state index in [-0.39, 0.29) is 30.1 Å². The maximum Gasteiger partial charge on any atom is 0.311 e. The number of hydrogen-bond donors (Lipinski definition) is 0. The first-order valence-electron chi connectivity index (χ1n) is 11.9. The second-order valence-corrected chi connectivity index (χ2v) is 8.82. The number of amides is 1. The molecule has 9 heteroatoms. The van der Waals surface area contributed by atoms with Crippen molar-refractivity contribution in [3.8, 4) is 11.5 Å². The van der Waals surface area contributed by atoms with Gasteiger partial charge in [-0.05, 0) is 35.7 Å². The maximum atomic E-state index is 12.6. The van der Waals surface area contributed by atoms with E-state index in [1.807, 2.05) is 42.5 Å². The van der Waals surface area contributed by atoms with Crippen molar-refractivity contribution in [1.82, 2.24) is 0 Å². The van der Waals surface area contributed by atoms with E-state index in [4.69, 9.17) is 9.47 Å². The van der Waals surface area contributed by atoms with E-state index in [1.165, 1.54) is 23.1 Å². The third-order valence-electron chi connectivity index (χ3n) is 6.31. The number of nitrogens with zero attached hydrogens (tertiary/aromatic N) is 2. The van der Waals surface area contributed by atoms with E-state index in [0.717, 1.165) is 22.6 Å². The summed E-state index contributed by atoms with van der Waals surface area (Å²) >= 11 is 0. The Morgan fingerprint density at radius 3 is 2.47 bits per heavy atom. The number of rotatable bonds is 8. The number of nitro benzene ring substituents is 1. The van der Waals surface area contributed by atoms with Crippen molar-refractivity contribution in [2.45, 2.75) is 6.42 Å². The number of Topliss-reactive ketones (excluding diaryl/α,β-unsaturated/α-hetero) is 1. The van der Waals surface area contributed by atoms with E-state index in [2.05, 4.69) is 0 Å². The van der Waals surface area contributed by atoms with Gasteiger partial charge in [0.2, 0.25) is 11.7 Å². The van der Waals surface area contributed by atoms with Gasteiger partial charge in [-0.3, -0.25) is 24.5 Å². The molecular formula is C29H22N2O7. The van der Waals surface area contributed by atoms with Crippen molar-refractivity contribution >= 4 is 39.8 Å². The lowest BCUT2D eigenvalue weighted by Crippen LogP contribution is -2.27. The van der Waals surface area contributed by atoms with Gasteiger partial charge in [0.15, 0.2) is 6.61 Å². The van der Waals surface area contributed by atoms with Gasteiger partial charge >= 0.3 is 5.97 Å². The van der Waals surface area contributed by atoms with Gasteiger partial charge in [-0.25, -0.2) is 0 Å². The Bertz CT molecular complexity index is 1540. The van der Waals surface area contributed by atoms with Crippen LogP contribution in [0.2, 0.25) is 0 Å². The molecule has 0 radical (unpaired) electrons. The summed E-state index contributed by atoms with van der Waals surface area (Å²) in [4.78, 5) is 49.3. The number of carbonyl (C=O) groups is 3. The highest BCUT2D eigenvalue weighted by Gasteiger charge is 2.36. The smallest absolute Gasteiger partial charge is 0.311 e. The minimum absolute atomic E-state index is 0.0436. The van der Waals surface area contributed by atoms with Gasteiger partial charge < -0.3 is 14.4 Å². The normalized spacial score (nSPS) is 14.9. The molecule has 1 atom stereocenters. The van der Waals surface area contributed by atoms with Gasteiger partial charge in [0, 0.05) is 41.7 Å². The van der Waals surface area contributed by atoms with Crippen molar-refractivity contribution in [2.75, 3.05) is 18.1 Å². The highest BCUT2D eigenvalue weighted by atomic mass is 16.6. The first-order chi connectivity index (χ1) is 18.4. The second-order valence-electron chi connectivity index (χ2n) is 8.82. The monoisotopic (exact) mass is 510 g/mol. The number of ether oxygens (including phenoxy) is 2. The molecule has 1 fully saturated rings. The van der Waals surface area contributed by atoms with Crippen LogP contribution in [0.4, 0.5) is 11.4 Å². The molecule has 4 aromatic rings. The summed E-state index contributed by atoms with van der Waals surface area (Å²) in [6.45, 7) is -0.447. The molecular weight excluding hydrogens is 488 g/mol. The molecule has 190 valence electrons. The van der Waals surface area contributed by atoms with Crippen LogP contribution in [0.15, 0.2) is 91.0 Å². The molecule has 38 heavy (non-hydrogen) atoms. The number of ketones is 1. The van der Waals surface area contributed by atoms with Crippen LogP contribution in [-0.4, -0.2) is 35.7 Å². The zero-order valence-corrected chi connectivity index (χ0v) is 20.1. The summed E-state index contributed by atoms with van der Waals surface area (Å²) in [5.41, 5.74) is 0.456. The van der Waals surface area contributed by atoms with E-state index in [9.17, 15) is 24.5 Å². The predicted molar refractivity (Wildman–Crippen MR) is 139 cm³/mol. The number of carbonyl (C=O) groups excluding carboxylic acids is 3. The van der Waals surface area contributed by atoms with Crippen LogP contribution in [0.3, 0.4) is 0 Å². The first kappa shape index (κ1) is 24.6. The summed E-state index contributed by atoms with van der Waals surface area (Å²) in [5, 5.41) is 13.0. The Morgan fingerprint density at radius 1 is 0.947 bits per heavy atom. The molecule has 1 heterocycles. The van der Waals surface area contributed by atoms with E-state index >= 15 is 0 Å². The standard InChI is InChI=1S/C29H22N2O7/c32-26(20-7-3-8-23(15-20)31(35)36)18-37-29(34)21-16-28(33)30(17-21)22-11-13-24(14-12-22)38-27-10-4-6-19-5-1-2-9-25(19)27/h1-15,21H,16-18H2/t21-/m1/s1. The van der Waals surface area contributed by atoms with Crippen molar-refractivity contribution < 1.29 is 28.8 Å². The quantitative estimate of drug-likeness (QED) is 0.136. The summed E-state index contributed by atoms with van der Waals surface area (Å²) in [7, 11) is 0. The lowest BCUT2D eigenvalue weighted by molar-refractivity contribution is -0.384. The zero-order chi connectivity index (χ0) is 26.6. The Morgan fingerprint density at radius 2 is 1.68 bits per heavy atom. The topological polar surface area (TPSA) is 116 Å². The average molecular weight is 511 g/mol. The highest BCUT2D eigenvalue weighted by molar-refractivity contribution is 6.01. The van der Waals surface area contributed by atoms with Crippen LogP contribution < -0.4 is 9.64 Å². The Balaban J connectivity index is 1.19. The molecule has 1 saturated heterocycles. The Hall–Kier alpha value is -5.05. The molecule has 1 aliphatic heterocycles. The van der Waals surface area contributed by atoms with Gasteiger partial charge in [-0.15, -0.1) is 0 Å². The molecule has 0 spiro atoms. The van der Waals surface area contributed by atoms with Gasteiger partial charge in [-0.1, -0.05) is 48.5 Å². The zero-order valence-electron chi connectivity index (χ0n) is 20.1. The van der Waals surface area contributed by atoms with E-state index in [1.54, 1.807) is 24.3 Å². The molecule has 0 unspecified atom stereocenters.